The summed E-state index contributed by atoms with van der Waals surface area (Å²) in [4.78, 5) is 47.5. The number of carbonyl (C=O) groups excluding carboxylic acids is 2. The van der Waals surface area contributed by atoms with E-state index in [2.05, 4.69) is 15.6 Å². The molecule has 0 bridgehead atoms. The molecule has 0 aliphatic carbocycles. The van der Waals surface area contributed by atoms with Gasteiger partial charge in [-0.25, -0.2) is 9.97 Å². The second kappa shape index (κ2) is 11.7. The first-order valence-corrected chi connectivity index (χ1v) is 12.2. The van der Waals surface area contributed by atoms with E-state index in [4.69, 9.17) is 16.6 Å². The number of phenols is 1. The van der Waals surface area contributed by atoms with Crippen molar-refractivity contribution >= 4 is 40.7 Å². The van der Waals surface area contributed by atoms with Crippen LogP contribution in [0, 0.1) is 10.1 Å². The molecule has 13 heteroatoms. The summed E-state index contributed by atoms with van der Waals surface area (Å²) in [6, 6.07) is 12.4. The number of non-ortho nitro benzene ring substituents is 1. The third-order valence-corrected chi connectivity index (χ3v) is 6.18. The van der Waals surface area contributed by atoms with Crippen LogP contribution in [0.5, 0.6) is 5.75 Å². The first-order chi connectivity index (χ1) is 18.2. The summed E-state index contributed by atoms with van der Waals surface area (Å²) in [6.07, 6.45) is 0. The number of hydrogen-bond acceptors (Lipinski definition) is 9. The molecule has 38 heavy (non-hydrogen) atoms. The molecule has 3 aromatic rings. The number of phenolic OH excluding ortho intramolecular Hbond substituents is 1. The van der Waals surface area contributed by atoms with Crippen molar-refractivity contribution in [2.24, 2.45) is 0 Å². The van der Waals surface area contributed by atoms with E-state index >= 15 is 0 Å². The lowest BCUT2D eigenvalue weighted by Crippen LogP contribution is -2.49. The van der Waals surface area contributed by atoms with Gasteiger partial charge >= 0.3 is 0 Å². The number of nitrogens with one attached hydrogen (secondary N) is 2. The number of piperazine rings is 1. The molecule has 1 aliphatic rings. The number of aromatic nitrogens is 2. The molecular weight excluding hydrogens is 514 g/mol. The highest BCUT2D eigenvalue weighted by Gasteiger charge is 2.26. The van der Waals surface area contributed by atoms with E-state index in [1.165, 1.54) is 6.92 Å². The Hall–Kier alpha value is -4.45. The van der Waals surface area contributed by atoms with Crippen LogP contribution in [0.15, 0.2) is 48.5 Å². The molecule has 2 heterocycles. The third kappa shape index (κ3) is 6.45. The maximum atomic E-state index is 13.0. The lowest BCUT2D eigenvalue weighted by Gasteiger charge is -2.35. The number of hydrogen-bond donors (Lipinski definition) is 3. The highest BCUT2D eigenvalue weighted by Crippen LogP contribution is 2.27. The molecule has 0 spiro atoms. The maximum absolute atomic E-state index is 13.0. The van der Waals surface area contributed by atoms with Gasteiger partial charge in [-0.2, -0.15) is 0 Å². The van der Waals surface area contributed by atoms with Gasteiger partial charge < -0.3 is 25.5 Å². The molecule has 1 fully saturated rings. The number of amides is 2. The summed E-state index contributed by atoms with van der Waals surface area (Å²) in [5, 5.41) is 27.7. The fourth-order valence-electron chi connectivity index (χ4n) is 3.96. The van der Waals surface area contributed by atoms with Gasteiger partial charge in [0.1, 0.15) is 17.4 Å². The molecule has 0 atom stereocenters. The minimum atomic E-state index is -0.608. The number of halogens is 1. The summed E-state index contributed by atoms with van der Waals surface area (Å²) in [7, 11) is 0. The first kappa shape index (κ1) is 26.6. The van der Waals surface area contributed by atoms with E-state index in [9.17, 15) is 24.8 Å². The Morgan fingerprint density at radius 1 is 1.05 bits per heavy atom. The van der Waals surface area contributed by atoms with Crippen molar-refractivity contribution in [1.82, 2.24) is 20.2 Å². The van der Waals surface area contributed by atoms with Crippen molar-refractivity contribution in [2.75, 3.05) is 49.5 Å². The summed E-state index contributed by atoms with van der Waals surface area (Å²) in [6.45, 7) is 3.89. The van der Waals surface area contributed by atoms with Gasteiger partial charge in [0.2, 0.25) is 5.91 Å². The summed E-state index contributed by atoms with van der Waals surface area (Å²) >= 11 is 6.03. The second-order valence-corrected chi connectivity index (χ2v) is 9.03. The van der Waals surface area contributed by atoms with Crippen molar-refractivity contribution in [2.45, 2.75) is 6.92 Å². The minimum absolute atomic E-state index is 0.106. The standard InChI is InChI=1S/C25H26ClN7O5/c1-16(34)27-8-9-28-22-15-23(30-24(29-22)17-2-4-18(26)5-3-17)31-10-12-32(13-11-31)25(36)20-14-19(33(37)38)6-7-21(20)35/h2-7,14-15,35H,8-13H2,1H3,(H,27,34)(H,28,29,30). The fourth-order valence-corrected chi connectivity index (χ4v) is 4.09. The topological polar surface area (TPSA) is 154 Å². The van der Waals surface area contributed by atoms with E-state index in [0.29, 0.717) is 61.8 Å². The average Bonchev–Trinajstić information content (AvgIpc) is 2.91. The Morgan fingerprint density at radius 3 is 2.42 bits per heavy atom. The van der Waals surface area contributed by atoms with Crippen molar-refractivity contribution < 1.29 is 19.6 Å². The van der Waals surface area contributed by atoms with Crippen molar-refractivity contribution in [3.8, 4) is 17.1 Å². The monoisotopic (exact) mass is 539 g/mol. The van der Waals surface area contributed by atoms with Crippen molar-refractivity contribution in [3.63, 3.8) is 0 Å². The maximum Gasteiger partial charge on any atom is 0.270 e. The normalized spacial score (nSPS) is 13.2. The number of anilines is 2. The smallest absolute Gasteiger partial charge is 0.270 e. The molecular formula is C25H26ClN7O5. The number of nitrogens with zero attached hydrogens (tertiary/aromatic N) is 5. The molecule has 2 aromatic carbocycles. The molecule has 0 radical (unpaired) electrons. The fraction of sp³-hybridized carbons (Fsp3) is 0.280. The highest BCUT2D eigenvalue weighted by atomic mass is 35.5. The Balaban J connectivity index is 1.51. The number of nitro groups is 1. The third-order valence-electron chi connectivity index (χ3n) is 5.93. The van der Waals surface area contributed by atoms with E-state index in [1.54, 1.807) is 23.1 Å². The zero-order valence-electron chi connectivity index (χ0n) is 20.6. The Labute approximate surface area is 223 Å². The van der Waals surface area contributed by atoms with Crippen LogP contribution in [-0.4, -0.2) is 76.0 Å². The van der Waals surface area contributed by atoms with Crippen LogP contribution in [0.3, 0.4) is 0 Å². The zero-order chi connectivity index (χ0) is 27.2. The molecule has 1 aromatic heterocycles. The summed E-state index contributed by atoms with van der Waals surface area (Å²) in [5.41, 5.74) is 0.403. The van der Waals surface area contributed by atoms with E-state index in [0.717, 1.165) is 23.8 Å². The molecule has 0 unspecified atom stereocenters. The van der Waals surface area contributed by atoms with Crippen LogP contribution in [0.4, 0.5) is 17.3 Å². The van der Waals surface area contributed by atoms with Gasteiger partial charge in [-0.05, 0) is 30.3 Å². The van der Waals surface area contributed by atoms with Gasteiger partial charge in [0.05, 0.1) is 10.5 Å². The van der Waals surface area contributed by atoms with Gasteiger partial charge in [0, 0.05) is 75.0 Å². The lowest BCUT2D eigenvalue weighted by molar-refractivity contribution is -0.384. The molecule has 198 valence electrons. The molecule has 0 saturated carbocycles. The van der Waals surface area contributed by atoms with Gasteiger partial charge in [0.25, 0.3) is 11.6 Å². The lowest BCUT2D eigenvalue weighted by atomic mass is 10.1. The van der Waals surface area contributed by atoms with Crippen LogP contribution in [0.1, 0.15) is 17.3 Å². The minimum Gasteiger partial charge on any atom is -0.507 e. The quantitative estimate of drug-likeness (QED) is 0.222. The van der Waals surface area contributed by atoms with Crippen LogP contribution < -0.4 is 15.5 Å². The second-order valence-electron chi connectivity index (χ2n) is 8.59. The van der Waals surface area contributed by atoms with Crippen LogP contribution in [-0.2, 0) is 4.79 Å². The largest absolute Gasteiger partial charge is 0.507 e. The number of aromatic hydroxyl groups is 1. The van der Waals surface area contributed by atoms with Crippen LogP contribution in [0.25, 0.3) is 11.4 Å². The molecule has 1 saturated heterocycles. The zero-order valence-corrected chi connectivity index (χ0v) is 21.3. The Kier molecular flexibility index (Phi) is 8.22. The average molecular weight is 540 g/mol. The highest BCUT2D eigenvalue weighted by molar-refractivity contribution is 6.30. The molecule has 12 nitrogen and oxygen atoms in total. The Morgan fingerprint density at radius 2 is 1.76 bits per heavy atom. The van der Waals surface area contributed by atoms with E-state index < -0.39 is 10.8 Å². The molecule has 4 rings (SSSR count). The number of carbonyl (C=O) groups is 2. The number of benzene rings is 2. The SMILES string of the molecule is CC(=O)NCCNc1cc(N2CCN(C(=O)c3cc([N+](=O)[O-])ccc3O)CC2)nc(-c2ccc(Cl)cc2)n1. The van der Waals surface area contributed by atoms with Gasteiger partial charge in [-0.3, -0.25) is 19.7 Å². The molecule has 3 N–H and O–H groups in total. The predicted molar refractivity (Wildman–Crippen MR) is 143 cm³/mol. The number of nitro benzene ring substituents is 1. The summed E-state index contributed by atoms with van der Waals surface area (Å²) < 4.78 is 0. The van der Waals surface area contributed by atoms with Crippen molar-refractivity contribution in [1.29, 1.82) is 0 Å². The van der Waals surface area contributed by atoms with Gasteiger partial charge in [-0.15, -0.1) is 0 Å². The van der Waals surface area contributed by atoms with Crippen LogP contribution >= 0.6 is 11.6 Å². The van der Waals surface area contributed by atoms with Crippen LogP contribution in [0.2, 0.25) is 5.02 Å². The summed E-state index contributed by atoms with van der Waals surface area (Å²) in [5.74, 6) is 0.809. The van der Waals surface area contributed by atoms with E-state index in [1.807, 2.05) is 17.0 Å². The number of rotatable bonds is 8. The Bertz CT molecular complexity index is 1340. The molecule has 2 amide bonds. The van der Waals surface area contributed by atoms with E-state index in [-0.39, 0.29) is 22.9 Å². The molecule has 1 aliphatic heterocycles. The van der Waals surface area contributed by atoms with Gasteiger partial charge in [0.15, 0.2) is 5.82 Å². The first-order valence-electron chi connectivity index (χ1n) is 11.9. The van der Waals surface area contributed by atoms with Crippen molar-refractivity contribution in [3.05, 3.63) is 69.2 Å². The van der Waals surface area contributed by atoms with Gasteiger partial charge in [-0.1, -0.05) is 11.6 Å². The predicted octanol–water partition coefficient (Wildman–Crippen LogP) is 2.92.